The standard InChI is InChI=1S/C18H19BrN2O3/c1-2-24-17(22)11-21-10-14-9-13(5-8-16(14)20)18(23)12-3-6-15(19)7-4-12/h3-9,21H,2,10-11,20H2,1H3. The largest absolute Gasteiger partial charge is 0.465 e. The Labute approximate surface area is 149 Å². The number of ketones is 1. The van der Waals surface area contributed by atoms with Crippen LogP contribution in [-0.4, -0.2) is 24.9 Å². The van der Waals surface area contributed by atoms with Gasteiger partial charge in [0.25, 0.3) is 0 Å². The summed E-state index contributed by atoms with van der Waals surface area (Å²) in [4.78, 5) is 23.9. The van der Waals surface area contributed by atoms with Gasteiger partial charge in [0.05, 0.1) is 13.2 Å². The summed E-state index contributed by atoms with van der Waals surface area (Å²) in [6.07, 6.45) is 0. The molecule has 0 atom stereocenters. The third kappa shape index (κ3) is 4.91. The highest BCUT2D eigenvalue weighted by Crippen LogP contribution is 2.18. The maximum absolute atomic E-state index is 12.5. The van der Waals surface area contributed by atoms with Crippen molar-refractivity contribution in [1.82, 2.24) is 5.32 Å². The van der Waals surface area contributed by atoms with E-state index in [2.05, 4.69) is 21.2 Å². The van der Waals surface area contributed by atoms with Gasteiger partial charge in [0.15, 0.2) is 5.78 Å². The Bertz CT molecular complexity index is 730. The minimum Gasteiger partial charge on any atom is -0.465 e. The first kappa shape index (κ1) is 18.2. The van der Waals surface area contributed by atoms with Crippen LogP contribution in [-0.2, 0) is 16.1 Å². The smallest absolute Gasteiger partial charge is 0.319 e. The number of hydrogen-bond donors (Lipinski definition) is 2. The molecule has 2 rings (SSSR count). The van der Waals surface area contributed by atoms with Gasteiger partial charge in [0.1, 0.15) is 0 Å². The fourth-order valence-corrected chi connectivity index (χ4v) is 2.44. The number of halogens is 1. The predicted octanol–water partition coefficient (Wildman–Crippen LogP) is 2.92. The molecule has 0 bridgehead atoms. The molecular weight excluding hydrogens is 372 g/mol. The fraction of sp³-hybridized carbons (Fsp3) is 0.222. The van der Waals surface area contributed by atoms with Gasteiger partial charge in [-0.05, 0) is 55.0 Å². The summed E-state index contributed by atoms with van der Waals surface area (Å²) >= 11 is 3.35. The van der Waals surface area contributed by atoms with E-state index in [-0.39, 0.29) is 18.3 Å². The van der Waals surface area contributed by atoms with Gasteiger partial charge in [-0.15, -0.1) is 0 Å². The van der Waals surface area contributed by atoms with Gasteiger partial charge in [0, 0.05) is 27.8 Å². The first-order chi connectivity index (χ1) is 11.5. The van der Waals surface area contributed by atoms with Crippen molar-refractivity contribution in [2.24, 2.45) is 0 Å². The summed E-state index contributed by atoms with van der Waals surface area (Å²) < 4.78 is 5.77. The van der Waals surface area contributed by atoms with Crippen molar-refractivity contribution >= 4 is 33.4 Å². The number of benzene rings is 2. The summed E-state index contributed by atoms with van der Waals surface area (Å²) in [5.74, 6) is -0.396. The Kier molecular flexibility index (Phi) is 6.52. The molecule has 0 aliphatic carbocycles. The fourth-order valence-electron chi connectivity index (χ4n) is 2.18. The lowest BCUT2D eigenvalue weighted by Gasteiger charge is -2.10. The van der Waals surface area contributed by atoms with Crippen molar-refractivity contribution in [2.75, 3.05) is 18.9 Å². The Balaban J connectivity index is 2.08. The van der Waals surface area contributed by atoms with E-state index in [1.807, 2.05) is 12.1 Å². The van der Waals surface area contributed by atoms with Crippen molar-refractivity contribution in [2.45, 2.75) is 13.5 Å². The number of nitrogens with one attached hydrogen (secondary N) is 1. The summed E-state index contributed by atoms with van der Waals surface area (Å²) in [6, 6.07) is 12.3. The van der Waals surface area contributed by atoms with Crippen LogP contribution < -0.4 is 11.1 Å². The zero-order chi connectivity index (χ0) is 17.5. The quantitative estimate of drug-likeness (QED) is 0.431. The van der Waals surface area contributed by atoms with Crippen LogP contribution in [0.1, 0.15) is 28.4 Å². The van der Waals surface area contributed by atoms with E-state index in [0.29, 0.717) is 30.0 Å². The number of nitrogen functional groups attached to an aromatic ring is 1. The molecule has 24 heavy (non-hydrogen) atoms. The number of hydrogen-bond acceptors (Lipinski definition) is 5. The topological polar surface area (TPSA) is 81.4 Å². The molecule has 0 unspecified atom stereocenters. The van der Waals surface area contributed by atoms with Crippen LogP contribution in [0.15, 0.2) is 46.9 Å². The first-order valence-electron chi connectivity index (χ1n) is 7.56. The van der Waals surface area contributed by atoms with Crippen LogP contribution >= 0.6 is 15.9 Å². The number of nitrogens with two attached hydrogens (primary N) is 1. The molecule has 126 valence electrons. The zero-order valence-electron chi connectivity index (χ0n) is 13.3. The molecule has 5 nitrogen and oxygen atoms in total. The van der Waals surface area contributed by atoms with Gasteiger partial charge in [-0.25, -0.2) is 0 Å². The van der Waals surface area contributed by atoms with E-state index in [9.17, 15) is 9.59 Å². The third-order valence-electron chi connectivity index (χ3n) is 3.40. The lowest BCUT2D eigenvalue weighted by Crippen LogP contribution is -2.24. The van der Waals surface area contributed by atoms with Crippen molar-refractivity contribution in [3.05, 3.63) is 63.6 Å². The van der Waals surface area contributed by atoms with Crippen LogP contribution in [0.2, 0.25) is 0 Å². The molecule has 0 aliphatic rings. The Morgan fingerprint density at radius 2 is 1.79 bits per heavy atom. The molecule has 3 N–H and O–H groups in total. The van der Waals surface area contributed by atoms with Crippen molar-refractivity contribution in [1.29, 1.82) is 0 Å². The van der Waals surface area contributed by atoms with Crippen molar-refractivity contribution in [3.8, 4) is 0 Å². The van der Waals surface area contributed by atoms with E-state index in [0.717, 1.165) is 10.0 Å². The maximum atomic E-state index is 12.5. The molecule has 0 saturated carbocycles. The highest BCUT2D eigenvalue weighted by atomic mass is 79.9. The van der Waals surface area contributed by atoms with Crippen molar-refractivity contribution in [3.63, 3.8) is 0 Å². The molecule has 2 aromatic carbocycles. The molecule has 0 aromatic heterocycles. The number of carbonyl (C=O) groups is 2. The Morgan fingerprint density at radius 3 is 2.46 bits per heavy atom. The number of carbonyl (C=O) groups excluding carboxylic acids is 2. The van der Waals surface area contributed by atoms with Gasteiger partial charge >= 0.3 is 5.97 Å². The summed E-state index contributed by atoms with van der Waals surface area (Å²) in [5, 5.41) is 2.97. The van der Waals surface area contributed by atoms with Crippen LogP contribution in [0, 0.1) is 0 Å². The minimum atomic E-state index is -0.321. The summed E-state index contributed by atoms with van der Waals surface area (Å²) in [6.45, 7) is 2.58. The number of esters is 1. The normalized spacial score (nSPS) is 10.4. The summed E-state index contributed by atoms with van der Waals surface area (Å²) in [5.41, 5.74) is 8.44. The van der Waals surface area contributed by atoms with E-state index < -0.39 is 0 Å². The van der Waals surface area contributed by atoms with Gasteiger partial charge < -0.3 is 15.8 Å². The van der Waals surface area contributed by atoms with E-state index in [1.54, 1.807) is 37.3 Å². The molecule has 0 radical (unpaired) electrons. The highest BCUT2D eigenvalue weighted by Gasteiger charge is 2.11. The number of ether oxygens (including phenoxy) is 1. The average molecular weight is 391 g/mol. The van der Waals surface area contributed by atoms with Crippen LogP contribution in [0.3, 0.4) is 0 Å². The van der Waals surface area contributed by atoms with Gasteiger partial charge in [0.2, 0.25) is 0 Å². The van der Waals surface area contributed by atoms with Gasteiger partial charge in [-0.2, -0.15) is 0 Å². The molecule has 2 aromatic rings. The Morgan fingerprint density at radius 1 is 1.12 bits per heavy atom. The second kappa shape index (κ2) is 8.61. The lowest BCUT2D eigenvalue weighted by atomic mass is 10.0. The van der Waals surface area contributed by atoms with Crippen LogP contribution in [0.25, 0.3) is 0 Å². The first-order valence-corrected chi connectivity index (χ1v) is 8.35. The molecule has 0 amide bonds. The van der Waals surface area contributed by atoms with Crippen LogP contribution in [0.4, 0.5) is 5.69 Å². The van der Waals surface area contributed by atoms with E-state index in [4.69, 9.17) is 10.5 Å². The third-order valence-corrected chi connectivity index (χ3v) is 3.93. The molecule has 0 heterocycles. The predicted molar refractivity (Wildman–Crippen MR) is 96.8 cm³/mol. The molecular formula is C18H19BrN2O3. The zero-order valence-corrected chi connectivity index (χ0v) is 14.9. The average Bonchev–Trinajstić information content (AvgIpc) is 2.57. The lowest BCUT2D eigenvalue weighted by molar-refractivity contribution is -0.142. The van der Waals surface area contributed by atoms with Crippen molar-refractivity contribution < 1.29 is 14.3 Å². The summed E-state index contributed by atoms with van der Waals surface area (Å²) in [7, 11) is 0. The van der Waals surface area contributed by atoms with E-state index >= 15 is 0 Å². The maximum Gasteiger partial charge on any atom is 0.319 e. The molecule has 6 heteroatoms. The van der Waals surface area contributed by atoms with Crippen LogP contribution in [0.5, 0.6) is 0 Å². The highest BCUT2D eigenvalue weighted by molar-refractivity contribution is 9.10. The monoisotopic (exact) mass is 390 g/mol. The molecule has 0 aliphatic heterocycles. The molecule has 0 fully saturated rings. The molecule has 0 saturated heterocycles. The number of rotatable bonds is 7. The van der Waals surface area contributed by atoms with E-state index in [1.165, 1.54) is 0 Å². The second-order valence-corrected chi connectivity index (χ2v) is 6.07. The molecule has 0 spiro atoms. The minimum absolute atomic E-state index is 0.0749. The second-order valence-electron chi connectivity index (χ2n) is 5.16. The Hall–Kier alpha value is -2.18. The number of anilines is 1. The van der Waals surface area contributed by atoms with Gasteiger partial charge in [-0.1, -0.05) is 15.9 Å². The van der Waals surface area contributed by atoms with Gasteiger partial charge in [-0.3, -0.25) is 9.59 Å². The SMILES string of the molecule is CCOC(=O)CNCc1cc(C(=O)c2ccc(Br)cc2)ccc1N.